The minimum atomic E-state index is -0.500. The van der Waals surface area contributed by atoms with Crippen molar-refractivity contribution in [2.45, 2.75) is 32.4 Å². The van der Waals surface area contributed by atoms with Gasteiger partial charge < -0.3 is 25.6 Å². The molecule has 9 nitrogen and oxygen atoms in total. The molecule has 2 aliphatic heterocycles. The predicted octanol–water partition coefficient (Wildman–Crippen LogP) is 0.255. The van der Waals surface area contributed by atoms with Gasteiger partial charge in [-0.1, -0.05) is 12.1 Å². The Bertz CT molecular complexity index is 785. The van der Waals surface area contributed by atoms with Gasteiger partial charge in [-0.25, -0.2) is 0 Å². The van der Waals surface area contributed by atoms with Gasteiger partial charge in [0.15, 0.2) is 12.6 Å². The van der Waals surface area contributed by atoms with Gasteiger partial charge >= 0.3 is 0 Å². The number of rotatable bonds is 7. The molecule has 0 aliphatic carbocycles. The lowest BCUT2D eigenvalue weighted by molar-refractivity contribution is -0.135. The van der Waals surface area contributed by atoms with Crippen LogP contribution >= 0.6 is 0 Å². The van der Waals surface area contributed by atoms with Crippen molar-refractivity contribution in [2.75, 3.05) is 52.9 Å². The second kappa shape index (κ2) is 11.0. The summed E-state index contributed by atoms with van der Waals surface area (Å²) in [5.41, 5.74) is 6.15. The fourth-order valence-electron chi connectivity index (χ4n) is 4.09. The molecule has 2 fully saturated rings. The van der Waals surface area contributed by atoms with Crippen molar-refractivity contribution in [1.29, 1.82) is 0 Å². The molecule has 3 rings (SSSR count). The molecule has 3 N–H and O–H groups in total. The van der Waals surface area contributed by atoms with E-state index in [0.717, 1.165) is 63.6 Å². The summed E-state index contributed by atoms with van der Waals surface area (Å²) in [6.45, 7) is 7.57. The van der Waals surface area contributed by atoms with Crippen LogP contribution in [0.4, 0.5) is 0 Å². The largest absolute Gasteiger partial charge is 0.484 e. The highest BCUT2D eigenvalue weighted by Crippen LogP contribution is 2.15. The van der Waals surface area contributed by atoms with Crippen molar-refractivity contribution in [1.82, 2.24) is 20.0 Å². The number of nitrogens with two attached hydrogens (primary N) is 1. The van der Waals surface area contributed by atoms with Crippen LogP contribution < -0.4 is 15.8 Å². The van der Waals surface area contributed by atoms with Gasteiger partial charge in [0.2, 0.25) is 5.91 Å². The highest BCUT2D eigenvalue weighted by atomic mass is 16.5. The average molecular weight is 431 g/mol. The monoisotopic (exact) mass is 430 g/mol. The topological polar surface area (TPSA) is 103 Å². The Kier molecular flexibility index (Phi) is 8.11. The lowest BCUT2D eigenvalue weighted by atomic mass is 10.2. The summed E-state index contributed by atoms with van der Waals surface area (Å²) in [6, 6.07) is 7.48. The van der Waals surface area contributed by atoms with E-state index in [1.165, 1.54) is 0 Å². The van der Waals surface area contributed by atoms with Crippen LogP contribution in [-0.2, 0) is 16.1 Å². The fourth-order valence-corrected chi connectivity index (χ4v) is 4.09. The highest BCUT2D eigenvalue weighted by molar-refractivity contribution is 5.82. The first kappa shape index (κ1) is 22.9. The van der Waals surface area contributed by atoms with E-state index < -0.39 is 5.91 Å². The number of benzene rings is 1. The highest BCUT2D eigenvalue weighted by Gasteiger charge is 2.30. The number of primary amides is 1. The summed E-state index contributed by atoms with van der Waals surface area (Å²) in [5.74, 6) is 1.20. The number of piperazine rings is 1. The Labute approximate surface area is 184 Å². The van der Waals surface area contributed by atoms with E-state index >= 15 is 0 Å². The first-order valence-corrected chi connectivity index (χ1v) is 11.0. The van der Waals surface area contributed by atoms with E-state index in [4.69, 9.17) is 10.5 Å². The minimum Gasteiger partial charge on any atom is -0.484 e. The molecular formula is C22H34N6O3. The van der Waals surface area contributed by atoms with Crippen molar-refractivity contribution in [3.05, 3.63) is 29.8 Å². The number of nitrogens with one attached hydrogen (secondary N) is 1. The maximum absolute atomic E-state index is 12.7. The molecule has 2 saturated heterocycles. The molecule has 1 unspecified atom stereocenters. The first-order chi connectivity index (χ1) is 15.0. The molecule has 2 amide bonds. The van der Waals surface area contributed by atoms with Gasteiger partial charge in [-0.15, -0.1) is 0 Å². The SMILES string of the molecule is CN=C(NCc1cccc(OCC(N)=O)c1)N1CCN(C(C)C(=O)N2CCCC2)CC1. The van der Waals surface area contributed by atoms with Gasteiger partial charge in [-0.2, -0.15) is 0 Å². The number of guanidine groups is 1. The number of aliphatic imine (C=N–C) groups is 1. The smallest absolute Gasteiger partial charge is 0.255 e. The van der Waals surface area contributed by atoms with Crippen LogP contribution in [0.15, 0.2) is 29.3 Å². The zero-order valence-electron chi connectivity index (χ0n) is 18.5. The number of likely N-dealkylation sites (tertiary alicyclic amines) is 1. The minimum absolute atomic E-state index is 0.0710. The summed E-state index contributed by atoms with van der Waals surface area (Å²) < 4.78 is 5.37. The van der Waals surface area contributed by atoms with E-state index in [9.17, 15) is 9.59 Å². The summed E-state index contributed by atoms with van der Waals surface area (Å²) in [6.07, 6.45) is 2.24. The molecule has 1 atom stereocenters. The van der Waals surface area contributed by atoms with Crippen LogP contribution in [0.5, 0.6) is 5.75 Å². The standard InChI is InChI=1S/C22H34N6O3/c1-17(21(30)27-8-3-4-9-27)26-10-12-28(13-11-26)22(24-2)25-15-18-6-5-7-19(14-18)31-16-20(23)29/h5-7,14,17H,3-4,8-13,15-16H2,1-2H3,(H2,23,29)(H,24,25). The molecule has 0 bridgehead atoms. The van der Waals surface area contributed by atoms with Crippen molar-refractivity contribution in [3.63, 3.8) is 0 Å². The maximum atomic E-state index is 12.7. The van der Waals surface area contributed by atoms with Crippen molar-refractivity contribution in [3.8, 4) is 5.75 Å². The molecule has 1 aromatic rings. The summed E-state index contributed by atoms with van der Waals surface area (Å²) in [4.78, 5) is 34.5. The fraction of sp³-hybridized carbons (Fsp3) is 0.591. The van der Waals surface area contributed by atoms with E-state index in [1.807, 2.05) is 30.0 Å². The molecule has 1 aromatic carbocycles. The Morgan fingerprint density at radius 3 is 2.48 bits per heavy atom. The van der Waals surface area contributed by atoms with Gasteiger partial charge in [0.1, 0.15) is 5.75 Å². The zero-order chi connectivity index (χ0) is 22.2. The number of carbonyl (C=O) groups is 2. The van der Waals surface area contributed by atoms with Crippen LogP contribution in [-0.4, -0.2) is 91.4 Å². The number of ether oxygens (including phenoxy) is 1. The molecular weight excluding hydrogens is 396 g/mol. The third-order valence-electron chi connectivity index (χ3n) is 5.88. The molecule has 0 radical (unpaired) electrons. The maximum Gasteiger partial charge on any atom is 0.255 e. The van der Waals surface area contributed by atoms with Crippen LogP contribution in [0.1, 0.15) is 25.3 Å². The Balaban J connectivity index is 1.47. The Hall–Kier alpha value is -2.81. The lowest BCUT2D eigenvalue weighted by Gasteiger charge is -2.39. The second-order valence-corrected chi connectivity index (χ2v) is 8.03. The van der Waals surface area contributed by atoms with Crippen LogP contribution in [0, 0.1) is 0 Å². The number of amides is 2. The second-order valence-electron chi connectivity index (χ2n) is 8.03. The molecule has 9 heteroatoms. The van der Waals surface area contributed by atoms with E-state index in [0.29, 0.717) is 12.3 Å². The molecule has 170 valence electrons. The van der Waals surface area contributed by atoms with Gasteiger partial charge in [-0.05, 0) is 37.5 Å². The average Bonchev–Trinajstić information content (AvgIpc) is 3.33. The van der Waals surface area contributed by atoms with E-state index in [1.54, 1.807) is 13.1 Å². The van der Waals surface area contributed by atoms with Crippen LogP contribution in [0.3, 0.4) is 0 Å². The molecule has 0 aromatic heterocycles. The van der Waals surface area contributed by atoms with Crippen molar-refractivity contribution < 1.29 is 14.3 Å². The van der Waals surface area contributed by atoms with Gasteiger partial charge in [0.05, 0.1) is 6.04 Å². The van der Waals surface area contributed by atoms with E-state index in [2.05, 4.69) is 20.1 Å². The van der Waals surface area contributed by atoms with Crippen LogP contribution in [0.25, 0.3) is 0 Å². The third-order valence-corrected chi connectivity index (χ3v) is 5.88. The lowest BCUT2D eigenvalue weighted by Crippen LogP contribution is -2.57. The van der Waals surface area contributed by atoms with Gasteiger partial charge in [-0.3, -0.25) is 19.5 Å². The molecule has 0 saturated carbocycles. The summed E-state index contributed by atoms with van der Waals surface area (Å²) in [5, 5.41) is 3.39. The number of carbonyl (C=O) groups excluding carboxylic acids is 2. The normalized spacial score (nSPS) is 18.7. The van der Waals surface area contributed by atoms with Crippen molar-refractivity contribution >= 4 is 17.8 Å². The molecule has 2 aliphatic rings. The molecule has 2 heterocycles. The Morgan fingerprint density at radius 1 is 1.13 bits per heavy atom. The van der Waals surface area contributed by atoms with Gasteiger partial charge in [0, 0.05) is 52.9 Å². The number of hydrogen-bond acceptors (Lipinski definition) is 5. The third kappa shape index (κ3) is 6.33. The van der Waals surface area contributed by atoms with Crippen molar-refractivity contribution in [2.24, 2.45) is 10.7 Å². The quantitative estimate of drug-likeness (QED) is 0.475. The molecule has 31 heavy (non-hydrogen) atoms. The summed E-state index contributed by atoms with van der Waals surface area (Å²) >= 11 is 0. The van der Waals surface area contributed by atoms with Gasteiger partial charge in [0.25, 0.3) is 5.91 Å². The van der Waals surface area contributed by atoms with E-state index in [-0.39, 0.29) is 18.6 Å². The first-order valence-electron chi connectivity index (χ1n) is 11.0. The Morgan fingerprint density at radius 2 is 1.84 bits per heavy atom. The van der Waals surface area contributed by atoms with Crippen LogP contribution in [0.2, 0.25) is 0 Å². The molecule has 0 spiro atoms. The summed E-state index contributed by atoms with van der Waals surface area (Å²) in [7, 11) is 1.78. The predicted molar refractivity (Wildman–Crippen MR) is 120 cm³/mol. The number of nitrogens with zero attached hydrogens (tertiary/aromatic N) is 4. The zero-order valence-corrected chi connectivity index (χ0v) is 18.5. The number of hydrogen-bond donors (Lipinski definition) is 2.